The van der Waals surface area contributed by atoms with Gasteiger partial charge in [0.2, 0.25) is 5.91 Å². The Balaban J connectivity index is 1.43. The maximum Gasteiger partial charge on any atom is 0.373 e. The van der Waals surface area contributed by atoms with Crippen molar-refractivity contribution in [1.82, 2.24) is 0 Å². The molecule has 1 amide bonds. The third kappa shape index (κ3) is 3.40. The Hall–Kier alpha value is -3.45. The van der Waals surface area contributed by atoms with Crippen LogP contribution in [-0.2, 0) is 9.63 Å². The fourth-order valence-electron chi connectivity index (χ4n) is 5.86. The van der Waals surface area contributed by atoms with Gasteiger partial charge in [0.15, 0.2) is 0 Å². The van der Waals surface area contributed by atoms with E-state index in [1.807, 2.05) is 13.0 Å². The van der Waals surface area contributed by atoms with Crippen molar-refractivity contribution in [2.75, 3.05) is 5.32 Å². The highest BCUT2D eigenvalue weighted by molar-refractivity contribution is 6.31. The Morgan fingerprint density at radius 2 is 1.83 bits per heavy atom. The number of hydrogen-bond donors (Lipinski definition) is 1. The summed E-state index contributed by atoms with van der Waals surface area (Å²) >= 11 is 6.25. The topological polar surface area (TPSA) is 98.0 Å². The summed E-state index contributed by atoms with van der Waals surface area (Å²) in [6.07, 6.45) is 1.75. The van der Waals surface area contributed by atoms with Gasteiger partial charge in [-0.1, -0.05) is 61.8 Å². The lowest BCUT2D eigenvalue weighted by molar-refractivity contribution is -0.130. The molecule has 1 N–H and O–H groups in total. The Morgan fingerprint density at radius 1 is 1.08 bits per heavy atom. The number of oxime groups is 1. The molecular formula is C28H27ClN2O5. The first-order valence-electron chi connectivity index (χ1n) is 11.9. The number of para-hydroxylation sites is 1. The van der Waals surface area contributed by atoms with E-state index in [9.17, 15) is 14.4 Å². The van der Waals surface area contributed by atoms with Crippen LogP contribution < -0.4 is 10.9 Å². The zero-order chi connectivity index (χ0) is 25.9. The lowest BCUT2D eigenvalue weighted by Gasteiger charge is -2.39. The number of benzene rings is 2. The highest BCUT2D eigenvalue weighted by atomic mass is 35.5. The van der Waals surface area contributed by atoms with Crippen molar-refractivity contribution in [1.29, 1.82) is 0 Å². The Labute approximate surface area is 213 Å². The van der Waals surface area contributed by atoms with Gasteiger partial charge in [-0.05, 0) is 55.0 Å². The van der Waals surface area contributed by atoms with Crippen molar-refractivity contribution >= 4 is 45.8 Å². The van der Waals surface area contributed by atoms with E-state index < -0.39 is 27.8 Å². The SMILES string of the molecule is Cc1c(Cl)cccc1NC(=O)C12CCC(C)(C(=NOC(=O)c3cc4ccccc4oc3=O)C1)C2(C)C. The third-order valence-corrected chi connectivity index (χ3v) is 9.19. The number of nitrogens with zero attached hydrogens (tertiary/aromatic N) is 1. The van der Waals surface area contributed by atoms with Crippen LogP contribution in [0.5, 0.6) is 0 Å². The van der Waals surface area contributed by atoms with Gasteiger partial charge in [0.1, 0.15) is 11.1 Å². The first kappa shape index (κ1) is 24.3. The molecule has 3 aromatic rings. The molecule has 0 spiro atoms. The van der Waals surface area contributed by atoms with Gasteiger partial charge in [-0.3, -0.25) is 4.79 Å². The molecular weight excluding hydrogens is 480 g/mol. The summed E-state index contributed by atoms with van der Waals surface area (Å²) in [5.74, 6) is -0.993. The molecule has 2 bridgehead atoms. The molecule has 0 radical (unpaired) electrons. The number of carbonyl (C=O) groups is 2. The number of rotatable bonds is 4. The predicted molar refractivity (Wildman–Crippen MR) is 138 cm³/mol. The summed E-state index contributed by atoms with van der Waals surface area (Å²) in [6, 6.07) is 13.8. The van der Waals surface area contributed by atoms with E-state index in [0.29, 0.717) is 40.2 Å². The molecule has 2 aliphatic rings. The molecule has 1 heterocycles. The maximum absolute atomic E-state index is 13.7. The molecule has 0 saturated heterocycles. The Bertz CT molecular complexity index is 1510. The minimum atomic E-state index is -0.890. The quantitative estimate of drug-likeness (QED) is 0.261. The second kappa shape index (κ2) is 8.30. The van der Waals surface area contributed by atoms with Gasteiger partial charge >= 0.3 is 11.6 Å². The summed E-state index contributed by atoms with van der Waals surface area (Å²) in [5.41, 5.74) is -0.162. The summed E-state index contributed by atoms with van der Waals surface area (Å²) in [6.45, 7) is 8.04. The van der Waals surface area contributed by atoms with E-state index in [1.54, 1.807) is 36.4 Å². The standard InChI is InChI=1S/C28H27ClN2O5/c1-16-19(29)9-7-10-20(16)30-25(34)28-13-12-27(4,26(28,2)3)22(15-28)31-36-24(33)18-14-17-8-5-6-11-21(17)35-23(18)32/h5-11,14H,12-13,15H2,1-4H3,(H,30,34). The van der Waals surface area contributed by atoms with E-state index >= 15 is 0 Å². The summed E-state index contributed by atoms with van der Waals surface area (Å²) in [4.78, 5) is 44.1. The number of amides is 1. The molecule has 2 aliphatic carbocycles. The molecule has 8 heteroatoms. The van der Waals surface area contributed by atoms with Gasteiger partial charge in [0.05, 0.1) is 11.1 Å². The van der Waals surface area contributed by atoms with Crippen molar-refractivity contribution < 1.29 is 18.8 Å². The van der Waals surface area contributed by atoms with E-state index in [-0.39, 0.29) is 11.5 Å². The molecule has 186 valence electrons. The van der Waals surface area contributed by atoms with Crippen molar-refractivity contribution in [3.8, 4) is 0 Å². The minimum absolute atomic E-state index is 0.103. The summed E-state index contributed by atoms with van der Waals surface area (Å²) in [7, 11) is 0. The van der Waals surface area contributed by atoms with E-state index in [2.05, 4.69) is 31.2 Å². The summed E-state index contributed by atoms with van der Waals surface area (Å²) in [5, 5.41) is 8.49. The molecule has 2 atom stereocenters. The minimum Gasteiger partial charge on any atom is -0.422 e. The number of carbonyl (C=O) groups excluding carboxylic acids is 2. The van der Waals surface area contributed by atoms with Gasteiger partial charge in [-0.2, -0.15) is 0 Å². The molecule has 5 rings (SSSR count). The van der Waals surface area contributed by atoms with Crippen molar-refractivity contribution in [3.63, 3.8) is 0 Å². The largest absolute Gasteiger partial charge is 0.422 e. The first-order valence-corrected chi connectivity index (χ1v) is 12.3. The van der Waals surface area contributed by atoms with Crippen molar-refractivity contribution in [3.05, 3.63) is 75.1 Å². The average Bonchev–Trinajstić information content (AvgIpc) is 3.15. The van der Waals surface area contributed by atoms with E-state index in [4.69, 9.17) is 20.9 Å². The van der Waals surface area contributed by atoms with Crippen LogP contribution >= 0.6 is 11.6 Å². The molecule has 36 heavy (non-hydrogen) atoms. The normalized spacial score (nSPS) is 25.3. The number of fused-ring (bicyclic) bond motifs is 3. The predicted octanol–water partition coefficient (Wildman–Crippen LogP) is 6.12. The van der Waals surface area contributed by atoms with Crippen molar-refractivity contribution in [2.45, 2.75) is 47.0 Å². The third-order valence-electron chi connectivity index (χ3n) is 8.78. The lowest BCUT2D eigenvalue weighted by atomic mass is 9.64. The smallest absolute Gasteiger partial charge is 0.373 e. The number of halogens is 1. The van der Waals surface area contributed by atoms with Gasteiger partial charge in [0.25, 0.3) is 0 Å². The fourth-order valence-corrected chi connectivity index (χ4v) is 6.03. The molecule has 1 aromatic heterocycles. The molecule has 2 fully saturated rings. The molecule has 0 aliphatic heterocycles. The number of nitrogens with one attached hydrogen (secondary N) is 1. The molecule has 2 aromatic carbocycles. The van der Waals surface area contributed by atoms with Gasteiger partial charge in [0, 0.05) is 27.9 Å². The fraction of sp³-hybridized carbons (Fsp3) is 0.357. The summed E-state index contributed by atoms with van der Waals surface area (Å²) < 4.78 is 5.24. The lowest BCUT2D eigenvalue weighted by Crippen LogP contribution is -2.43. The van der Waals surface area contributed by atoms with Crippen LogP contribution in [-0.4, -0.2) is 17.6 Å². The van der Waals surface area contributed by atoms with Crippen LogP contribution in [0.4, 0.5) is 5.69 Å². The van der Waals surface area contributed by atoms with E-state index in [0.717, 1.165) is 12.0 Å². The van der Waals surface area contributed by atoms with Crippen LogP contribution in [0.15, 0.2) is 62.9 Å². The highest BCUT2D eigenvalue weighted by Crippen LogP contribution is 2.71. The van der Waals surface area contributed by atoms with Crippen molar-refractivity contribution in [2.24, 2.45) is 21.4 Å². The first-order chi connectivity index (χ1) is 17.0. The van der Waals surface area contributed by atoms with Gasteiger partial charge in [-0.15, -0.1) is 0 Å². The second-order valence-electron chi connectivity index (χ2n) is 10.5. The maximum atomic E-state index is 13.7. The molecule has 2 saturated carbocycles. The zero-order valence-corrected chi connectivity index (χ0v) is 21.4. The Morgan fingerprint density at radius 3 is 2.61 bits per heavy atom. The van der Waals surface area contributed by atoms with Crippen LogP contribution in [0.3, 0.4) is 0 Å². The monoisotopic (exact) mass is 506 g/mol. The van der Waals surface area contributed by atoms with Gasteiger partial charge < -0.3 is 14.6 Å². The number of hydrogen-bond acceptors (Lipinski definition) is 6. The average molecular weight is 507 g/mol. The second-order valence-corrected chi connectivity index (χ2v) is 10.9. The zero-order valence-electron chi connectivity index (χ0n) is 20.6. The molecule has 2 unspecified atom stereocenters. The van der Waals surface area contributed by atoms with Crippen LogP contribution in [0, 0.1) is 23.2 Å². The van der Waals surface area contributed by atoms with E-state index in [1.165, 1.54) is 6.07 Å². The number of anilines is 1. The highest BCUT2D eigenvalue weighted by Gasteiger charge is 2.71. The van der Waals surface area contributed by atoms with Crippen LogP contribution in [0.2, 0.25) is 5.02 Å². The van der Waals surface area contributed by atoms with Crippen LogP contribution in [0.1, 0.15) is 56.0 Å². The molecule has 7 nitrogen and oxygen atoms in total. The Kier molecular flexibility index (Phi) is 5.59. The van der Waals surface area contributed by atoms with Gasteiger partial charge in [-0.25, -0.2) is 9.59 Å². The van der Waals surface area contributed by atoms with Crippen LogP contribution in [0.25, 0.3) is 11.0 Å².